The van der Waals surface area contributed by atoms with Crippen molar-refractivity contribution in [3.8, 4) is 0 Å². The number of carbonyl (C=O) groups excluding carboxylic acids is 2. The zero-order valence-corrected chi connectivity index (χ0v) is 18.9. The Morgan fingerprint density at radius 3 is 2.57 bits per heavy atom. The topological polar surface area (TPSA) is 48.3 Å². The lowest BCUT2D eigenvalue weighted by atomic mass is 9.98. The largest absolute Gasteiger partial charge is 0.465 e. The molecular formula is C24H22ClNO3S. The minimum Gasteiger partial charge on any atom is -0.465 e. The molecular weight excluding hydrogens is 418 g/mol. The van der Waals surface area contributed by atoms with Crippen LogP contribution in [0.5, 0.6) is 0 Å². The third kappa shape index (κ3) is 3.32. The lowest BCUT2D eigenvalue weighted by Gasteiger charge is -2.10. The summed E-state index contributed by atoms with van der Waals surface area (Å²) in [5.41, 5.74) is 3.87. The Balaban J connectivity index is 1.97. The Morgan fingerprint density at radius 2 is 1.87 bits per heavy atom. The van der Waals surface area contributed by atoms with Crippen molar-refractivity contribution in [2.24, 2.45) is 5.92 Å². The van der Waals surface area contributed by atoms with E-state index >= 15 is 0 Å². The molecule has 6 heteroatoms. The van der Waals surface area contributed by atoms with Crippen molar-refractivity contribution in [3.63, 3.8) is 0 Å². The molecule has 0 amide bonds. The van der Waals surface area contributed by atoms with Gasteiger partial charge in [0.1, 0.15) is 0 Å². The van der Waals surface area contributed by atoms with Crippen LogP contribution >= 0.6 is 22.9 Å². The van der Waals surface area contributed by atoms with E-state index < -0.39 is 5.97 Å². The summed E-state index contributed by atoms with van der Waals surface area (Å²) in [5, 5.41) is 1.95. The van der Waals surface area contributed by atoms with E-state index in [0.717, 1.165) is 36.6 Å². The van der Waals surface area contributed by atoms with E-state index in [-0.39, 0.29) is 11.7 Å². The average Bonchev–Trinajstić information content (AvgIpc) is 3.20. The number of fused-ring (bicyclic) bond motifs is 2. The first-order valence-corrected chi connectivity index (χ1v) is 10.9. The molecule has 0 atom stereocenters. The van der Waals surface area contributed by atoms with Gasteiger partial charge in [-0.15, -0.1) is 11.3 Å². The van der Waals surface area contributed by atoms with Gasteiger partial charge in [0.05, 0.1) is 29.1 Å². The number of rotatable bonds is 5. The summed E-state index contributed by atoms with van der Waals surface area (Å²) in [6, 6.07) is 13.5. The second-order valence-corrected chi connectivity index (χ2v) is 9.29. The van der Waals surface area contributed by atoms with Crippen molar-refractivity contribution in [1.29, 1.82) is 0 Å². The molecule has 0 aliphatic heterocycles. The van der Waals surface area contributed by atoms with E-state index in [1.165, 1.54) is 7.11 Å². The Morgan fingerprint density at radius 1 is 1.13 bits per heavy atom. The van der Waals surface area contributed by atoms with Crippen molar-refractivity contribution in [1.82, 2.24) is 4.57 Å². The van der Waals surface area contributed by atoms with Gasteiger partial charge in [-0.3, -0.25) is 4.79 Å². The van der Waals surface area contributed by atoms with Crippen LogP contribution in [-0.2, 0) is 11.3 Å². The lowest BCUT2D eigenvalue weighted by Crippen LogP contribution is -2.10. The lowest BCUT2D eigenvalue weighted by molar-refractivity contribution is 0.0600. The zero-order chi connectivity index (χ0) is 21.6. The molecule has 2 aromatic carbocycles. The van der Waals surface area contributed by atoms with Gasteiger partial charge in [0.15, 0.2) is 5.78 Å². The molecule has 0 radical (unpaired) electrons. The van der Waals surface area contributed by atoms with Crippen LogP contribution in [0.4, 0.5) is 0 Å². The van der Waals surface area contributed by atoms with Crippen molar-refractivity contribution >= 4 is 55.7 Å². The number of halogens is 1. The van der Waals surface area contributed by atoms with Crippen molar-refractivity contribution in [2.45, 2.75) is 27.3 Å². The summed E-state index contributed by atoms with van der Waals surface area (Å²) in [6.07, 6.45) is 0. The maximum atomic E-state index is 13.0. The molecule has 0 bridgehead atoms. The molecule has 0 unspecified atom stereocenters. The normalized spacial score (nSPS) is 11.5. The van der Waals surface area contributed by atoms with Crippen molar-refractivity contribution in [2.75, 3.05) is 7.11 Å². The molecule has 154 valence electrons. The quantitative estimate of drug-likeness (QED) is 0.263. The molecule has 30 heavy (non-hydrogen) atoms. The average molecular weight is 440 g/mol. The van der Waals surface area contributed by atoms with Gasteiger partial charge in [0, 0.05) is 32.8 Å². The maximum Gasteiger partial charge on any atom is 0.337 e. The summed E-state index contributed by atoms with van der Waals surface area (Å²) >= 11 is 8.16. The fraction of sp³-hybridized carbons (Fsp3) is 0.250. The van der Waals surface area contributed by atoms with Gasteiger partial charge in [-0.25, -0.2) is 4.79 Å². The zero-order valence-electron chi connectivity index (χ0n) is 17.3. The van der Waals surface area contributed by atoms with E-state index in [1.54, 1.807) is 23.5 Å². The Labute approximate surface area is 184 Å². The number of Topliss-reactive ketones (excluding diaryl/α,β-unsaturated/α-hetero) is 1. The van der Waals surface area contributed by atoms with E-state index in [1.807, 2.05) is 39.0 Å². The minimum absolute atomic E-state index is 0.0864. The first kappa shape index (κ1) is 20.6. The molecule has 2 aromatic heterocycles. The molecule has 0 N–H and O–H groups in total. The summed E-state index contributed by atoms with van der Waals surface area (Å²) < 4.78 is 8.84. The molecule has 0 saturated heterocycles. The predicted octanol–water partition coefficient (Wildman–Crippen LogP) is 6.49. The number of thiophene rings is 1. The number of ketones is 1. The Bertz CT molecular complexity index is 1300. The van der Waals surface area contributed by atoms with Crippen LogP contribution in [0.25, 0.3) is 21.0 Å². The molecule has 2 heterocycles. The van der Waals surface area contributed by atoms with Crippen LogP contribution in [0.1, 0.15) is 45.8 Å². The first-order chi connectivity index (χ1) is 14.3. The fourth-order valence-electron chi connectivity index (χ4n) is 3.90. The summed E-state index contributed by atoms with van der Waals surface area (Å²) in [4.78, 5) is 25.2. The molecule has 0 aliphatic rings. The second-order valence-electron chi connectivity index (χ2n) is 7.64. The molecule has 0 aliphatic carbocycles. The molecule has 0 fully saturated rings. The van der Waals surface area contributed by atoms with E-state index in [2.05, 4.69) is 16.7 Å². The van der Waals surface area contributed by atoms with Gasteiger partial charge in [-0.2, -0.15) is 0 Å². The van der Waals surface area contributed by atoms with Crippen LogP contribution in [-0.4, -0.2) is 23.4 Å². The number of ether oxygens (including phenoxy) is 1. The molecule has 4 nitrogen and oxygen atoms in total. The molecule has 4 rings (SSSR count). The standard InChI is InChI=1S/C24H22ClNO3S/c1-13(2)22(27)21-14(3)26(19-11-15(24(28)29-4)9-10-17(19)21)12-18-16-7-5-6-8-20(16)30-23(18)25/h5-11,13H,12H2,1-4H3. The highest BCUT2D eigenvalue weighted by Crippen LogP contribution is 2.37. The van der Waals surface area contributed by atoms with E-state index in [9.17, 15) is 9.59 Å². The van der Waals surface area contributed by atoms with Crippen LogP contribution < -0.4 is 0 Å². The van der Waals surface area contributed by atoms with E-state index in [0.29, 0.717) is 17.7 Å². The Hall–Kier alpha value is -2.63. The van der Waals surface area contributed by atoms with Gasteiger partial charge in [-0.05, 0) is 30.5 Å². The molecule has 0 spiro atoms. The number of hydrogen-bond acceptors (Lipinski definition) is 4. The van der Waals surface area contributed by atoms with Crippen molar-refractivity contribution in [3.05, 3.63) is 69.2 Å². The van der Waals surface area contributed by atoms with Gasteiger partial charge in [0.2, 0.25) is 0 Å². The number of methoxy groups -OCH3 is 1. The second kappa shape index (κ2) is 7.89. The first-order valence-electron chi connectivity index (χ1n) is 9.74. The highest BCUT2D eigenvalue weighted by molar-refractivity contribution is 7.22. The minimum atomic E-state index is -0.405. The molecule has 0 saturated carbocycles. The number of esters is 1. The molecule has 4 aromatic rings. The number of nitrogens with zero attached hydrogens (tertiary/aromatic N) is 1. The van der Waals surface area contributed by atoms with Crippen LogP contribution in [0.2, 0.25) is 4.34 Å². The van der Waals surface area contributed by atoms with Gasteiger partial charge in [0.25, 0.3) is 0 Å². The van der Waals surface area contributed by atoms with Crippen molar-refractivity contribution < 1.29 is 14.3 Å². The highest BCUT2D eigenvalue weighted by Gasteiger charge is 2.24. The predicted molar refractivity (Wildman–Crippen MR) is 123 cm³/mol. The maximum absolute atomic E-state index is 13.0. The SMILES string of the molecule is COC(=O)c1ccc2c(C(=O)C(C)C)c(C)n(Cc3c(Cl)sc4ccccc34)c2c1. The third-order valence-corrected chi connectivity index (χ3v) is 6.94. The number of hydrogen-bond donors (Lipinski definition) is 0. The highest BCUT2D eigenvalue weighted by atomic mass is 35.5. The van der Waals surface area contributed by atoms with Gasteiger partial charge in [-0.1, -0.05) is 49.7 Å². The van der Waals surface area contributed by atoms with Gasteiger partial charge >= 0.3 is 5.97 Å². The van der Waals surface area contributed by atoms with Crippen LogP contribution in [0.3, 0.4) is 0 Å². The van der Waals surface area contributed by atoms with Crippen LogP contribution in [0, 0.1) is 12.8 Å². The third-order valence-electron chi connectivity index (χ3n) is 5.48. The van der Waals surface area contributed by atoms with Gasteiger partial charge < -0.3 is 9.30 Å². The smallest absolute Gasteiger partial charge is 0.337 e. The summed E-state index contributed by atoms with van der Waals surface area (Å²) in [5.74, 6) is -0.449. The summed E-state index contributed by atoms with van der Waals surface area (Å²) in [6.45, 7) is 6.27. The fourth-order valence-corrected chi connectivity index (χ4v) is 5.25. The summed E-state index contributed by atoms with van der Waals surface area (Å²) in [7, 11) is 1.36. The number of carbonyl (C=O) groups is 2. The number of benzene rings is 2. The monoisotopic (exact) mass is 439 g/mol. The van der Waals surface area contributed by atoms with Crippen LogP contribution in [0.15, 0.2) is 42.5 Å². The van der Waals surface area contributed by atoms with E-state index in [4.69, 9.17) is 16.3 Å². The Kier molecular flexibility index (Phi) is 5.43. The number of aromatic nitrogens is 1.